The van der Waals surface area contributed by atoms with Crippen molar-refractivity contribution in [3.8, 4) is 5.75 Å². The zero-order valence-electron chi connectivity index (χ0n) is 14.1. The van der Waals surface area contributed by atoms with Crippen LogP contribution in [0.1, 0.15) is 44.9 Å². The molecule has 2 aromatic rings. The van der Waals surface area contributed by atoms with E-state index in [2.05, 4.69) is 0 Å². The molecule has 0 saturated heterocycles. The lowest BCUT2D eigenvalue weighted by molar-refractivity contribution is -0.137. The number of imide groups is 1. The lowest BCUT2D eigenvalue weighted by Crippen LogP contribution is -2.29. The molecule has 2 aromatic carbocycles. The fraction of sp³-hybridized carbons (Fsp3) is 0.158. The Bertz CT molecular complexity index is 947. The molecule has 0 bridgehead atoms. The summed E-state index contributed by atoms with van der Waals surface area (Å²) in [4.78, 5) is 49.0. The summed E-state index contributed by atoms with van der Waals surface area (Å²) in [6.45, 7) is 3.38. The van der Waals surface area contributed by atoms with Crippen molar-refractivity contribution >= 4 is 29.4 Å². The van der Waals surface area contributed by atoms with Crippen molar-refractivity contribution in [1.82, 2.24) is 0 Å². The van der Waals surface area contributed by atoms with Crippen LogP contribution in [0.3, 0.4) is 0 Å². The highest BCUT2D eigenvalue weighted by Crippen LogP contribution is 2.31. The number of carbonyl (C=O) groups is 4. The number of anilines is 1. The van der Waals surface area contributed by atoms with Crippen LogP contribution in [-0.4, -0.2) is 28.9 Å². The van der Waals surface area contributed by atoms with E-state index in [1.165, 1.54) is 30.3 Å². The van der Waals surface area contributed by atoms with Crippen LogP contribution < -0.4 is 9.64 Å². The molecule has 0 saturated carbocycles. The molecule has 0 fully saturated rings. The summed E-state index contributed by atoms with van der Waals surface area (Å²) in [5.74, 6) is -2.92. The number of nitrogens with zero attached hydrogens (tertiary/aromatic N) is 1. The molecule has 132 valence electrons. The Balaban J connectivity index is 1.95. The molecular formula is C19H15NO6. The van der Waals surface area contributed by atoms with Gasteiger partial charge in [0.25, 0.3) is 11.8 Å². The first-order chi connectivity index (χ1) is 12.3. The summed E-state index contributed by atoms with van der Waals surface area (Å²) in [7, 11) is 0. The van der Waals surface area contributed by atoms with Gasteiger partial charge in [0.05, 0.1) is 28.3 Å². The third kappa shape index (κ3) is 2.95. The SMILES string of the molecule is CC(C)C(=O)Oc1cccc(N2C(=O)c3ccc(C(=O)O)cc3C2=O)c1. The van der Waals surface area contributed by atoms with Crippen molar-refractivity contribution in [3.63, 3.8) is 0 Å². The smallest absolute Gasteiger partial charge is 0.335 e. The van der Waals surface area contributed by atoms with E-state index in [1.54, 1.807) is 26.0 Å². The molecule has 7 heteroatoms. The number of fused-ring (bicyclic) bond motifs is 1. The van der Waals surface area contributed by atoms with Gasteiger partial charge in [-0.25, -0.2) is 9.69 Å². The standard InChI is InChI=1S/C19H15NO6/c1-10(2)19(25)26-13-5-3-4-12(9-13)20-16(21)14-7-6-11(18(23)24)8-15(14)17(20)22/h3-10H,1-2H3,(H,23,24). The Morgan fingerprint density at radius 3 is 2.35 bits per heavy atom. The van der Waals surface area contributed by atoms with Gasteiger partial charge in [-0.15, -0.1) is 0 Å². The Kier molecular flexibility index (Phi) is 4.29. The molecular weight excluding hydrogens is 338 g/mol. The van der Waals surface area contributed by atoms with Gasteiger partial charge < -0.3 is 9.84 Å². The molecule has 0 radical (unpaired) electrons. The topological polar surface area (TPSA) is 101 Å². The van der Waals surface area contributed by atoms with Gasteiger partial charge in [0.2, 0.25) is 0 Å². The van der Waals surface area contributed by atoms with Crippen molar-refractivity contribution in [2.45, 2.75) is 13.8 Å². The molecule has 0 atom stereocenters. The molecule has 1 aliphatic rings. The third-order valence-corrected chi connectivity index (χ3v) is 3.90. The van der Waals surface area contributed by atoms with E-state index in [9.17, 15) is 19.2 Å². The molecule has 0 unspecified atom stereocenters. The Labute approximate surface area is 148 Å². The van der Waals surface area contributed by atoms with E-state index >= 15 is 0 Å². The lowest BCUT2D eigenvalue weighted by Gasteiger charge is -2.15. The van der Waals surface area contributed by atoms with Gasteiger partial charge in [-0.05, 0) is 30.3 Å². The largest absolute Gasteiger partial charge is 0.478 e. The highest BCUT2D eigenvalue weighted by atomic mass is 16.5. The fourth-order valence-electron chi connectivity index (χ4n) is 2.53. The van der Waals surface area contributed by atoms with E-state index in [4.69, 9.17) is 9.84 Å². The van der Waals surface area contributed by atoms with Crippen molar-refractivity contribution in [3.05, 3.63) is 59.2 Å². The van der Waals surface area contributed by atoms with Gasteiger partial charge in [-0.1, -0.05) is 19.9 Å². The summed E-state index contributed by atoms with van der Waals surface area (Å²) in [6, 6.07) is 9.83. The van der Waals surface area contributed by atoms with E-state index < -0.39 is 23.8 Å². The number of ether oxygens (including phenoxy) is 1. The first-order valence-electron chi connectivity index (χ1n) is 7.87. The second kappa shape index (κ2) is 6.44. The van der Waals surface area contributed by atoms with E-state index in [0.29, 0.717) is 0 Å². The number of rotatable bonds is 4. The van der Waals surface area contributed by atoms with Gasteiger partial charge in [0.15, 0.2) is 0 Å². The summed E-state index contributed by atoms with van der Waals surface area (Å²) in [6.07, 6.45) is 0. The first kappa shape index (κ1) is 17.3. The quantitative estimate of drug-likeness (QED) is 0.515. The van der Waals surface area contributed by atoms with E-state index in [0.717, 1.165) is 4.90 Å². The van der Waals surface area contributed by atoms with E-state index in [-0.39, 0.29) is 34.0 Å². The third-order valence-electron chi connectivity index (χ3n) is 3.90. The van der Waals surface area contributed by atoms with Gasteiger partial charge in [0.1, 0.15) is 5.75 Å². The molecule has 2 amide bonds. The summed E-state index contributed by atoms with van der Waals surface area (Å²) < 4.78 is 5.21. The van der Waals surface area contributed by atoms with Crippen LogP contribution in [0.2, 0.25) is 0 Å². The van der Waals surface area contributed by atoms with Gasteiger partial charge in [0, 0.05) is 6.07 Å². The number of esters is 1. The van der Waals surface area contributed by atoms with Crippen LogP contribution in [0.4, 0.5) is 5.69 Å². The lowest BCUT2D eigenvalue weighted by atomic mass is 10.1. The predicted octanol–water partition coefficient (Wildman–Crippen LogP) is 2.75. The molecule has 0 aliphatic carbocycles. The van der Waals surface area contributed by atoms with Crippen LogP contribution in [0.15, 0.2) is 42.5 Å². The number of hydrogen-bond acceptors (Lipinski definition) is 5. The fourth-order valence-corrected chi connectivity index (χ4v) is 2.53. The highest BCUT2D eigenvalue weighted by molar-refractivity contribution is 6.34. The second-order valence-electron chi connectivity index (χ2n) is 6.08. The second-order valence-corrected chi connectivity index (χ2v) is 6.08. The number of carboxylic acids is 1. The maximum atomic E-state index is 12.6. The average molecular weight is 353 g/mol. The van der Waals surface area contributed by atoms with Crippen LogP contribution in [0.5, 0.6) is 5.75 Å². The van der Waals surface area contributed by atoms with Crippen molar-refractivity contribution in [2.24, 2.45) is 5.92 Å². The minimum Gasteiger partial charge on any atom is -0.478 e. The van der Waals surface area contributed by atoms with Crippen LogP contribution in [-0.2, 0) is 4.79 Å². The van der Waals surface area contributed by atoms with Crippen LogP contribution in [0, 0.1) is 5.92 Å². The summed E-state index contributed by atoms with van der Waals surface area (Å²) in [5, 5.41) is 9.06. The Morgan fingerprint density at radius 2 is 1.69 bits per heavy atom. The number of benzene rings is 2. The average Bonchev–Trinajstić information content (AvgIpc) is 2.85. The normalized spacial score (nSPS) is 13.1. The van der Waals surface area contributed by atoms with Gasteiger partial charge in [-0.2, -0.15) is 0 Å². The number of aromatic carboxylic acids is 1. The summed E-state index contributed by atoms with van der Waals surface area (Å²) >= 11 is 0. The highest BCUT2D eigenvalue weighted by Gasteiger charge is 2.37. The van der Waals surface area contributed by atoms with Gasteiger partial charge >= 0.3 is 11.9 Å². The first-order valence-corrected chi connectivity index (χ1v) is 7.87. The Morgan fingerprint density at radius 1 is 1.00 bits per heavy atom. The minimum atomic E-state index is -1.19. The zero-order chi connectivity index (χ0) is 19.0. The molecule has 0 spiro atoms. The molecule has 1 N–H and O–H groups in total. The maximum Gasteiger partial charge on any atom is 0.335 e. The number of carboxylic acid groups (broad SMARTS) is 1. The zero-order valence-corrected chi connectivity index (χ0v) is 14.1. The van der Waals surface area contributed by atoms with Crippen molar-refractivity contribution < 1.29 is 29.0 Å². The van der Waals surface area contributed by atoms with Crippen molar-refractivity contribution in [2.75, 3.05) is 4.90 Å². The van der Waals surface area contributed by atoms with Crippen LogP contribution in [0.25, 0.3) is 0 Å². The van der Waals surface area contributed by atoms with Crippen molar-refractivity contribution in [1.29, 1.82) is 0 Å². The minimum absolute atomic E-state index is 0.0273. The van der Waals surface area contributed by atoms with Gasteiger partial charge in [-0.3, -0.25) is 14.4 Å². The van der Waals surface area contributed by atoms with E-state index in [1.807, 2.05) is 0 Å². The molecule has 7 nitrogen and oxygen atoms in total. The number of hydrogen-bond donors (Lipinski definition) is 1. The molecule has 26 heavy (non-hydrogen) atoms. The maximum absolute atomic E-state index is 12.6. The predicted molar refractivity (Wildman–Crippen MR) is 91.5 cm³/mol. The van der Waals surface area contributed by atoms with Crippen LogP contribution >= 0.6 is 0 Å². The number of carbonyl (C=O) groups excluding carboxylic acids is 3. The summed E-state index contributed by atoms with van der Waals surface area (Å²) in [5.41, 5.74) is 0.317. The molecule has 1 heterocycles. The molecule has 0 aromatic heterocycles. The number of amides is 2. The molecule has 1 aliphatic heterocycles. The molecule has 3 rings (SSSR count). The Hall–Kier alpha value is -3.48. The monoisotopic (exact) mass is 353 g/mol.